The standard InChI is InChI=1S/C16H26BrN3O/c1-11-9-20(10-16(11)19(2)3)15(8-18)13-7-12(21-4)5-6-14(13)17/h5-7,11,15-16H,8-10,18H2,1-4H3. The van der Waals surface area contributed by atoms with Crippen molar-refractivity contribution in [2.45, 2.75) is 19.0 Å². The van der Waals surface area contributed by atoms with Crippen LogP contribution < -0.4 is 10.5 Å². The summed E-state index contributed by atoms with van der Waals surface area (Å²) < 4.78 is 6.46. The number of halogens is 1. The summed E-state index contributed by atoms with van der Waals surface area (Å²) in [6.45, 7) is 5.06. The Bertz CT molecular complexity index is 481. The SMILES string of the molecule is COc1ccc(Br)c(C(CN)N2CC(C)C(N(C)C)C2)c1. The quantitative estimate of drug-likeness (QED) is 0.879. The third-order valence-corrected chi connectivity index (χ3v) is 5.21. The minimum Gasteiger partial charge on any atom is -0.497 e. The van der Waals surface area contributed by atoms with Crippen molar-refractivity contribution in [3.05, 3.63) is 28.2 Å². The van der Waals surface area contributed by atoms with Crippen LogP contribution in [0.1, 0.15) is 18.5 Å². The van der Waals surface area contributed by atoms with E-state index >= 15 is 0 Å². The van der Waals surface area contributed by atoms with Crippen LogP contribution in [0.5, 0.6) is 5.75 Å². The van der Waals surface area contributed by atoms with Crippen LogP contribution in [-0.2, 0) is 0 Å². The molecule has 2 rings (SSSR count). The van der Waals surface area contributed by atoms with Gasteiger partial charge in [0, 0.05) is 36.2 Å². The lowest BCUT2D eigenvalue weighted by molar-refractivity contribution is 0.219. The fourth-order valence-corrected chi connectivity index (χ4v) is 3.80. The fourth-order valence-electron chi connectivity index (χ4n) is 3.29. The summed E-state index contributed by atoms with van der Waals surface area (Å²) in [7, 11) is 6.01. The maximum absolute atomic E-state index is 6.10. The van der Waals surface area contributed by atoms with Gasteiger partial charge >= 0.3 is 0 Å². The highest BCUT2D eigenvalue weighted by Crippen LogP contribution is 2.34. The summed E-state index contributed by atoms with van der Waals surface area (Å²) in [5.41, 5.74) is 7.31. The Morgan fingerprint density at radius 3 is 2.67 bits per heavy atom. The van der Waals surface area contributed by atoms with Crippen molar-refractivity contribution in [1.82, 2.24) is 9.80 Å². The van der Waals surface area contributed by atoms with Gasteiger partial charge in [0.25, 0.3) is 0 Å². The Labute approximate surface area is 136 Å². The zero-order valence-electron chi connectivity index (χ0n) is 13.3. The lowest BCUT2D eigenvalue weighted by Gasteiger charge is -2.29. The van der Waals surface area contributed by atoms with Crippen molar-refractivity contribution >= 4 is 15.9 Å². The molecular weight excluding hydrogens is 330 g/mol. The second kappa shape index (κ2) is 7.09. The molecule has 0 aliphatic carbocycles. The van der Waals surface area contributed by atoms with E-state index in [-0.39, 0.29) is 6.04 Å². The van der Waals surface area contributed by atoms with Crippen molar-refractivity contribution in [2.75, 3.05) is 40.8 Å². The molecule has 0 bridgehead atoms. The van der Waals surface area contributed by atoms with Crippen LogP contribution in [0, 0.1) is 5.92 Å². The van der Waals surface area contributed by atoms with E-state index in [0.29, 0.717) is 18.5 Å². The van der Waals surface area contributed by atoms with Crippen LogP contribution >= 0.6 is 15.9 Å². The maximum Gasteiger partial charge on any atom is 0.119 e. The Balaban J connectivity index is 2.24. The van der Waals surface area contributed by atoms with Gasteiger partial charge in [-0.05, 0) is 43.8 Å². The zero-order chi connectivity index (χ0) is 15.6. The molecule has 3 atom stereocenters. The van der Waals surface area contributed by atoms with E-state index < -0.39 is 0 Å². The number of methoxy groups -OCH3 is 1. The van der Waals surface area contributed by atoms with E-state index in [4.69, 9.17) is 10.5 Å². The first-order chi connectivity index (χ1) is 9.97. The number of hydrogen-bond acceptors (Lipinski definition) is 4. The molecule has 21 heavy (non-hydrogen) atoms. The van der Waals surface area contributed by atoms with Crippen LogP contribution in [0.25, 0.3) is 0 Å². The highest BCUT2D eigenvalue weighted by Gasteiger charge is 2.35. The minimum absolute atomic E-state index is 0.224. The molecule has 4 nitrogen and oxygen atoms in total. The first-order valence-electron chi connectivity index (χ1n) is 7.42. The molecule has 0 amide bonds. The van der Waals surface area contributed by atoms with Crippen LogP contribution in [0.15, 0.2) is 22.7 Å². The van der Waals surface area contributed by atoms with Gasteiger partial charge in [0.15, 0.2) is 0 Å². The summed E-state index contributed by atoms with van der Waals surface area (Å²) in [6, 6.07) is 6.91. The van der Waals surface area contributed by atoms with Crippen LogP contribution in [0.2, 0.25) is 0 Å². The zero-order valence-corrected chi connectivity index (χ0v) is 14.9. The average Bonchev–Trinajstić information content (AvgIpc) is 2.83. The highest BCUT2D eigenvalue weighted by molar-refractivity contribution is 9.10. The molecule has 1 aromatic rings. The minimum atomic E-state index is 0.224. The Kier molecular flexibility index (Phi) is 5.66. The summed E-state index contributed by atoms with van der Waals surface area (Å²) in [5.74, 6) is 1.53. The molecule has 0 aromatic heterocycles. The molecule has 1 aliphatic heterocycles. The molecular formula is C16H26BrN3O. The molecule has 3 unspecified atom stereocenters. The molecule has 0 spiro atoms. The summed E-state index contributed by atoms with van der Waals surface area (Å²) in [6.07, 6.45) is 0. The lowest BCUT2D eigenvalue weighted by Crippen LogP contribution is -2.36. The number of nitrogens with zero attached hydrogens (tertiary/aromatic N) is 2. The van der Waals surface area contributed by atoms with E-state index in [0.717, 1.165) is 23.3 Å². The smallest absolute Gasteiger partial charge is 0.119 e. The second-order valence-corrected chi connectivity index (χ2v) is 6.96. The third kappa shape index (κ3) is 3.59. The predicted octanol–water partition coefficient (Wildman–Crippen LogP) is 2.34. The first-order valence-corrected chi connectivity index (χ1v) is 8.21. The average molecular weight is 356 g/mol. The van der Waals surface area contributed by atoms with Gasteiger partial charge in [0.1, 0.15) is 5.75 Å². The van der Waals surface area contributed by atoms with E-state index in [9.17, 15) is 0 Å². The topological polar surface area (TPSA) is 41.7 Å². The Morgan fingerprint density at radius 1 is 1.43 bits per heavy atom. The van der Waals surface area contributed by atoms with Gasteiger partial charge < -0.3 is 15.4 Å². The van der Waals surface area contributed by atoms with Crippen LogP contribution in [0.4, 0.5) is 0 Å². The summed E-state index contributed by atoms with van der Waals surface area (Å²) in [4.78, 5) is 4.81. The highest BCUT2D eigenvalue weighted by atomic mass is 79.9. The van der Waals surface area contributed by atoms with Crippen molar-refractivity contribution in [1.29, 1.82) is 0 Å². The van der Waals surface area contributed by atoms with Crippen molar-refractivity contribution in [2.24, 2.45) is 11.7 Å². The van der Waals surface area contributed by atoms with Crippen LogP contribution in [-0.4, -0.2) is 56.7 Å². The van der Waals surface area contributed by atoms with Gasteiger partial charge in [-0.2, -0.15) is 0 Å². The van der Waals surface area contributed by atoms with Crippen molar-refractivity contribution in [3.63, 3.8) is 0 Å². The Hall–Kier alpha value is -0.620. The Morgan fingerprint density at radius 2 is 2.14 bits per heavy atom. The molecule has 1 saturated heterocycles. The fraction of sp³-hybridized carbons (Fsp3) is 0.625. The third-order valence-electron chi connectivity index (χ3n) is 4.49. The molecule has 118 valence electrons. The van der Waals surface area contributed by atoms with E-state index in [1.807, 2.05) is 12.1 Å². The molecule has 2 N–H and O–H groups in total. The van der Waals surface area contributed by atoms with Gasteiger partial charge in [-0.25, -0.2) is 0 Å². The number of benzene rings is 1. The van der Waals surface area contributed by atoms with Crippen molar-refractivity contribution in [3.8, 4) is 5.75 Å². The molecule has 1 heterocycles. The first kappa shape index (κ1) is 16.7. The number of nitrogens with two attached hydrogens (primary N) is 1. The maximum atomic E-state index is 6.10. The largest absolute Gasteiger partial charge is 0.497 e. The molecule has 1 aliphatic rings. The lowest BCUT2D eigenvalue weighted by atomic mass is 10.1. The van der Waals surface area contributed by atoms with E-state index in [1.165, 1.54) is 5.56 Å². The van der Waals surface area contributed by atoms with Gasteiger partial charge in [0.05, 0.1) is 7.11 Å². The predicted molar refractivity (Wildman–Crippen MR) is 90.7 cm³/mol. The second-order valence-electron chi connectivity index (χ2n) is 6.10. The van der Waals surface area contributed by atoms with E-state index in [2.05, 4.69) is 52.8 Å². The van der Waals surface area contributed by atoms with Gasteiger partial charge in [-0.15, -0.1) is 0 Å². The summed E-state index contributed by atoms with van der Waals surface area (Å²) in [5, 5.41) is 0. The molecule has 5 heteroatoms. The number of likely N-dealkylation sites (tertiary alicyclic amines) is 1. The van der Waals surface area contributed by atoms with Gasteiger partial charge in [0.2, 0.25) is 0 Å². The molecule has 1 fully saturated rings. The van der Waals surface area contributed by atoms with Gasteiger partial charge in [-0.1, -0.05) is 22.9 Å². The number of ether oxygens (including phenoxy) is 1. The van der Waals surface area contributed by atoms with Crippen LogP contribution in [0.3, 0.4) is 0 Å². The van der Waals surface area contributed by atoms with Gasteiger partial charge in [-0.3, -0.25) is 4.90 Å². The molecule has 0 saturated carbocycles. The normalized spacial score (nSPS) is 24.5. The molecule has 0 radical (unpaired) electrons. The number of likely N-dealkylation sites (N-methyl/N-ethyl adjacent to an activating group) is 1. The number of hydrogen-bond donors (Lipinski definition) is 1. The molecule has 1 aromatic carbocycles. The summed E-state index contributed by atoms with van der Waals surface area (Å²) >= 11 is 3.66. The number of rotatable bonds is 5. The van der Waals surface area contributed by atoms with Crippen molar-refractivity contribution < 1.29 is 4.74 Å². The van der Waals surface area contributed by atoms with E-state index in [1.54, 1.807) is 7.11 Å². The monoisotopic (exact) mass is 355 g/mol.